The Morgan fingerprint density at radius 2 is 1.80 bits per heavy atom. The van der Waals surface area contributed by atoms with Gasteiger partial charge in [-0.15, -0.1) is 0 Å². The highest BCUT2D eigenvalue weighted by Gasteiger charge is 2.56. The van der Waals surface area contributed by atoms with E-state index in [0.717, 1.165) is 5.56 Å². The maximum absolute atomic E-state index is 12.1. The maximum atomic E-state index is 12.1. The Bertz CT molecular complexity index is 543. The van der Waals surface area contributed by atoms with E-state index in [1.807, 2.05) is 30.3 Å². The summed E-state index contributed by atoms with van der Waals surface area (Å²) < 4.78 is 9.56. The van der Waals surface area contributed by atoms with Crippen LogP contribution in [0.1, 0.15) is 18.5 Å². The summed E-state index contributed by atoms with van der Waals surface area (Å²) in [5, 5.41) is 8.10. The van der Waals surface area contributed by atoms with E-state index in [1.165, 1.54) is 21.1 Å². The van der Waals surface area contributed by atoms with Crippen LogP contribution in [-0.4, -0.2) is 31.7 Å². The summed E-state index contributed by atoms with van der Waals surface area (Å²) in [4.78, 5) is 24.0. The number of carbonyl (C=O) groups excluding carboxylic acids is 2. The minimum absolute atomic E-state index is 0.531. The van der Waals surface area contributed by atoms with Gasteiger partial charge in [0.05, 0.1) is 14.2 Å². The van der Waals surface area contributed by atoms with Crippen molar-refractivity contribution in [3.05, 3.63) is 35.9 Å². The molecule has 106 valence electrons. The van der Waals surface area contributed by atoms with Gasteiger partial charge in [-0.2, -0.15) is 10.2 Å². The lowest BCUT2D eigenvalue weighted by Gasteiger charge is -2.25. The van der Waals surface area contributed by atoms with Gasteiger partial charge in [0.15, 0.2) is 5.54 Å². The number of hydrogen-bond acceptors (Lipinski definition) is 6. The Hall–Kier alpha value is -2.24. The Labute approximate surface area is 116 Å². The van der Waals surface area contributed by atoms with E-state index in [-0.39, 0.29) is 0 Å². The second-order valence-electron chi connectivity index (χ2n) is 4.71. The standard InChI is InChI=1S/C14H16N2O4/c1-14(13(18)20-3)10(12(17)19-2)11(15-16-14)9-7-5-4-6-8-9/h4-8,10-11H,1-3H3/t10-,11+,14+/m0/s1. The van der Waals surface area contributed by atoms with Crippen molar-refractivity contribution in [3.63, 3.8) is 0 Å². The molecule has 1 aliphatic rings. The first-order valence-electron chi connectivity index (χ1n) is 6.17. The average molecular weight is 276 g/mol. The van der Waals surface area contributed by atoms with Gasteiger partial charge in [-0.05, 0) is 12.5 Å². The molecule has 0 saturated heterocycles. The molecule has 20 heavy (non-hydrogen) atoms. The van der Waals surface area contributed by atoms with Crippen molar-refractivity contribution in [1.82, 2.24) is 0 Å². The molecule has 1 heterocycles. The third-order valence-corrected chi connectivity index (χ3v) is 3.51. The van der Waals surface area contributed by atoms with Gasteiger partial charge in [0.2, 0.25) is 0 Å². The summed E-state index contributed by atoms with van der Waals surface area (Å²) >= 11 is 0. The fraction of sp³-hybridized carbons (Fsp3) is 0.429. The SMILES string of the molecule is COC(=O)[C@@H]1[C@@H](c2ccccc2)N=N[C@@]1(C)C(=O)OC. The highest BCUT2D eigenvalue weighted by Crippen LogP contribution is 2.43. The van der Waals surface area contributed by atoms with Gasteiger partial charge in [-0.25, -0.2) is 4.79 Å². The second kappa shape index (κ2) is 5.40. The minimum atomic E-state index is -1.36. The highest BCUT2D eigenvalue weighted by atomic mass is 16.5. The molecule has 0 amide bonds. The predicted octanol–water partition coefficient (Wildman–Crippen LogP) is 1.91. The van der Waals surface area contributed by atoms with Crippen LogP contribution >= 0.6 is 0 Å². The Balaban J connectivity index is 2.43. The fourth-order valence-corrected chi connectivity index (χ4v) is 2.39. The van der Waals surface area contributed by atoms with Crippen LogP contribution in [0.25, 0.3) is 0 Å². The Morgan fingerprint density at radius 1 is 1.15 bits per heavy atom. The van der Waals surface area contributed by atoms with Crippen LogP contribution in [0.4, 0.5) is 0 Å². The van der Waals surface area contributed by atoms with Gasteiger partial charge in [-0.1, -0.05) is 30.3 Å². The topological polar surface area (TPSA) is 77.3 Å². The second-order valence-corrected chi connectivity index (χ2v) is 4.71. The number of methoxy groups -OCH3 is 2. The van der Waals surface area contributed by atoms with Crippen molar-refractivity contribution in [2.24, 2.45) is 16.1 Å². The smallest absolute Gasteiger partial charge is 0.336 e. The average Bonchev–Trinajstić information content (AvgIpc) is 2.85. The van der Waals surface area contributed by atoms with E-state index < -0.39 is 29.4 Å². The number of benzene rings is 1. The largest absolute Gasteiger partial charge is 0.469 e. The summed E-state index contributed by atoms with van der Waals surface area (Å²) in [6.07, 6.45) is 0. The molecule has 0 unspecified atom stereocenters. The lowest BCUT2D eigenvalue weighted by molar-refractivity contribution is -0.158. The first kappa shape index (κ1) is 14.2. The molecule has 0 radical (unpaired) electrons. The Kier molecular flexibility index (Phi) is 3.83. The summed E-state index contributed by atoms with van der Waals surface area (Å²) in [7, 11) is 2.54. The van der Waals surface area contributed by atoms with Crippen LogP contribution in [0.2, 0.25) is 0 Å². The molecular weight excluding hydrogens is 260 g/mol. The summed E-state index contributed by atoms with van der Waals surface area (Å²) in [5.41, 5.74) is -0.554. The number of esters is 2. The molecule has 2 rings (SSSR count). The number of nitrogens with zero attached hydrogens (tertiary/aromatic N) is 2. The van der Waals surface area contributed by atoms with Crippen LogP contribution in [0.3, 0.4) is 0 Å². The molecule has 1 aromatic rings. The monoisotopic (exact) mass is 276 g/mol. The Morgan fingerprint density at radius 3 is 2.35 bits per heavy atom. The van der Waals surface area contributed by atoms with Crippen LogP contribution in [0.5, 0.6) is 0 Å². The van der Waals surface area contributed by atoms with Crippen molar-refractivity contribution in [2.75, 3.05) is 14.2 Å². The molecule has 0 fully saturated rings. The predicted molar refractivity (Wildman–Crippen MR) is 70.0 cm³/mol. The summed E-state index contributed by atoms with van der Waals surface area (Å²) in [6, 6.07) is 8.67. The number of rotatable bonds is 3. The zero-order chi connectivity index (χ0) is 14.8. The number of carbonyl (C=O) groups is 2. The third-order valence-electron chi connectivity index (χ3n) is 3.51. The molecular formula is C14H16N2O4. The maximum Gasteiger partial charge on any atom is 0.336 e. The van der Waals surface area contributed by atoms with E-state index in [1.54, 1.807) is 0 Å². The van der Waals surface area contributed by atoms with E-state index in [4.69, 9.17) is 9.47 Å². The van der Waals surface area contributed by atoms with Gasteiger partial charge in [-0.3, -0.25) is 4.79 Å². The van der Waals surface area contributed by atoms with Crippen molar-refractivity contribution >= 4 is 11.9 Å². The normalized spacial score (nSPS) is 28.1. The van der Waals surface area contributed by atoms with Gasteiger partial charge >= 0.3 is 11.9 Å². The molecule has 0 aromatic heterocycles. The molecule has 6 nitrogen and oxygen atoms in total. The number of hydrogen-bond donors (Lipinski definition) is 0. The van der Waals surface area contributed by atoms with Crippen molar-refractivity contribution < 1.29 is 19.1 Å². The van der Waals surface area contributed by atoms with Crippen LogP contribution in [0.15, 0.2) is 40.6 Å². The van der Waals surface area contributed by atoms with E-state index in [0.29, 0.717) is 0 Å². The van der Waals surface area contributed by atoms with Gasteiger partial charge in [0.25, 0.3) is 0 Å². The van der Waals surface area contributed by atoms with Crippen molar-refractivity contribution in [2.45, 2.75) is 18.5 Å². The van der Waals surface area contributed by atoms with E-state index in [9.17, 15) is 9.59 Å². The lowest BCUT2D eigenvalue weighted by atomic mass is 9.80. The molecule has 0 aliphatic carbocycles. The van der Waals surface area contributed by atoms with Crippen LogP contribution < -0.4 is 0 Å². The zero-order valence-corrected chi connectivity index (χ0v) is 11.6. The molecule has 0 saturated carbocycles. The third kappa shape index (κ3) is 2.17. The molecule has 3 atom stereocenters. The molecule has 1 aromatic carbocycles. The van der Waals surface area contributed by atoms with Gasteiger partial charge in [0, 0.05) is 0 Å². The highest BCUT2D eigenvalue weighted by molar-refractivity contribution is 5.89. The first-order valence-corrected chi connectivity index (χ1v) is 6.17. The molecule has 1 aliphatic heterocycles. The summed E-state index contributed by atoms with van der Waals surface area (Å²) in [5.74, 6) is -1.96. The fourth-order valence-electron chi connectivity index (χ4n) is 2.39. The van der Waals surface area contributed by atoms with Crippen molar-refractivity contribution in [1.29, 1.82) is 0 Å². The van der Waals surface area contributed by atoms with E-state index in [2.05, 4.69) is 10.2 Å². The number of ether oxygens (including phenoxy) is 2. The minimum Gasteiger partial charge on any atom is -0.469 e. The lowest BCUT2D eigenvalue weighted by Crippen LogP contribution is -2.45. The van der Waals surface area contributed by atoms with Gasteiger partial charge < -0.3 is 9.47 Å². The quantitative estimate of drug-likeness (QED) is 0.790. The molecule has 6 heteroatoms. The van der Waals surface area contributed by atoms with E-state index >= 15 is 0 Å². The zero-order valence-electron chi connectivity index (χ0n) is 11.6. The summed E-state index contributed by atoms with van der Waals surface area (Å²) in [6.45, 7) is 1.53. The first-order chi connectivity index (χ1) is 9.54. The van der Waals surface area contributed by atoms with Crippen molar-refractivity contribution in [3.8, 4) is 0 Å². The van der Waals surface area contributed by atoms with Crippen LogP contribution in [0, 0.1) is 5.92 Å². The molecule has 0 spiro atoms. The molecule has 0 bridgehead atoms. The molecule has 0 N–H and O–H groups in total. The van der Waals surface area contributed by atoms with Crippen LogP contribution in [-0.2, 0) is 19.1 Å². The van der Waals surface area contributed by atoms with Gasteiger partial charge in [0.1, 0.15) is 12.0 Å². The number of azo groups is 1.